The number of benzene rings is 2. The van der Waals surface area contributed by atoms with Crippen LogP contribution in [0.25, 0.3) is 27.6 Å². The van der Waals surface area contributed by atoms with Crippen LogP contribution in [0.2, 0.25) is 0 Å². The first kappa shape index (κ1) is 20.7. The Kier molecular flexibility index (Phi) is 5.04. The predicted octanol–water partition coefficient (Wildman–Crippen LogP) is 4.64. The molecule has 0 aliphatic rings. The highest BCUT2D eigenvalue weighted by atomic mass is 19.1. The highest BCUT2D eigenvalue weighted by Crippen LogP contribution is 2.29. The fourth-order valence-electron chi connectivity index (χ4n) is 3.89. The fraction of sp³-hybridized carbons (Fsp3) is 0.130. The Bertz CT molecular complexity index is 1560. The van der Waals surface area contributed by atoms with Crippen LogP contribution in [0.1, 0.15) is 25.1 Å². The second-order valence-corrected chi connectivity index (χ2v) is 7.47. The van der Waals surface area contributed by atoms with Crippen LogP contribution >= 0.6 is 0 Å². The van der Waals surface area contributed by atoms with Crippen molar-refractivity contribution in [2.75, 3.05) is 5.32 Å². The van der Waals surface area contributed by atoms with Gasteiger partial charge in [-0.25, -0.2) is 28.1 Å². The highest BCUT2D eigenvalue weighted by molar-refractivity contribution is 5.84. The van der Waals surface area contributed by atoms with Crippen LogP contribution in [0.4, 0.5) is 19.0 Å². The molecular formula is C23H17F3N6O. The predicted molar refractivity (Wildman–Crippen MR) is 118 cm³/mol. The normalized spacial score (nSPS) is 12.4. The largest absolute Gasteiger partial charge is 0.360 e. The summed E-state index contributed by atoms with van der Waals surface area (Å²) >= 11 is 0. The van der Waals surface area contributed by atoms with Gasteiger partial charge >= 0.3 is 0 Å². The van der Waals surface area contributed by atoms with Crippen molar-refractivity contribution >= 4 is 27.8 Å². The Labute approximate surface area is 185 Å². The molecule has 0 saturated carbocycles. The first-order valence-electron chi connectivity index (χ1n) is 10.2. The number of rotatable bonds is 5. The zero-order valence-electron chi connectivity index (χ0n) is 17.3. The number of H-pyrrole nitrogens is 1. The molecule has 166 valence electrons. The number of aromatic nitrogens is 5. The van der Waals surface area contributed by atoms with Crippen molar-refractivity contribution in [3.05, 3.63) is 88.6 Å². The molecule has 1 atom stereocenters. The van der Waals surface area contributed by atoms with Crippen molar-refractivity contribution in [2.45, 2.75) is 19.4 Å². The summed E-state index contributed by atoms with van der Waals surface area (Å²) in [5, 5.41) is 3.77. The number of nitrogens with zero attached hydrogens (tertiary/aromatic N) is 4. The molecule has 0 fully saturated rings. The van der Waals surface area contributed by atoms with Gasteiger partial charge in [0.1, 0.15) is 29.3 Å². The molecule has 2 N–H and O–H groups in total. The van der Waals surface area contributed by atoms with Gasteiger partial charge in [0.25, 0.3) is 5.56 Å². The Morgan fingerprint density at radius 2 is 1.82 bits per heavy atom. The van der Waals surface area contributed by atoms with E-state index in [1.807, 2.05) is 6.92 Å². The van der Waals surface area contributed by atoms with Gasteiger partial charge in [0.05, 0.1) is 23.4 Å². The number of pyridine rings is 1. The summed E-state index contributed by atoms with van der Waals surface area (Å²) in [4.78, 5) is 28.9. The van der Waals surface area contributed by atoms with Crippen LogP contribution in [0.5, 0.6) is 0 Å². The molecule has 5 aromatic rings. The monoisotopic (exact) mass is 450 g/mol. The zero-order chi connectivity index (χ0) is 23.1. The van der Waals surface area contributed by atoms with Crippen molar-refractivity contribution in [1.82, 2.24) is 24.5 Å². The van der Waals surface area contributed by atoms with E-state index in [-0.39, 0.29) is 11.1 Å². The van der Waals surface area contributed by atoms with Crippen molar-refractivity contribution < 1.29 is 13.2 Å². The van der Waals surface area contributed by atoms with E-state index in [2.05, 4.69) is 25.3 Å². The lowest BCUT2D eigenvalue weighted by molar-refractivity contribution is 0.584. The molecule has 3 heterocycles. The molecule has 10 heteroatoms. The minimum absolute atomic E-state index is 0.0512. The second kappa shape index (κ2) is 8.05. The van der Waals surface area contributed by atoms with Gasteiger partial charge in [-0.05, 0) is 42.1 Å². The summed E-state index contributed by atoms with van der Waals surface area (Å²) in [6.45, 7) is 1.87. The van der Waals surface area contributed by atoms with Gasteiger partial charge in [0.2, 0.25) is 0 Å². The van der Waals surface area contributed by atoms with Gasteiger partial charge in [-0.15, -0.1) is 0 Å². The topological polar surface area (TPSA) is 88.5 Å². The van der Waals surface area contributed by atoms with E-state index in [1.165, 1.54) is 24.8 Å². The van der Waals surface area contributed by atoms with Crippen LogP contribution in [-0.4, -0.2) is 24.5 Å². The van der Waals surface area contributed by atoms with Crippen molar-refractivity contribution in [3.63, 3.8) is 0 Å². The molecule has 0 bridgehead atoms. The Hall–Kier alpha value is -4.21. The minimum atomic E-state index is -0.789. The summed E-state index contributed by atoms with van der Waals surface area (Å²) in [7, 11) is 0. The summed E-state index contributed by atoms with van der Waals surface area (Å²) in [5.41, 5.74) is 0.434. The van der Waals surface area contributed by atoms with Gasteiger partial charge < -0.3 is 10.3 Å². The molecule has 5 rings (SSSR count). The van der Waals surface area contributed by atoms with E-state index in [1.54, 1.807) is 6.07 Å². The summed E-state index contributed by atoms with van der Waals surface area (Å²) in [6.07, 6.45) is 3.29. The fourth-order valence-corrected chi connectivity index (χ4v) is 3.89. The van der Waals surface area contributed by atoms with Crippen molar-refractivity contribution in [1.29, 1.82) is 0 Å². The third-order valence-corrected chi connectivity index (χ3v) is 5.46. The van der Waals surface area contributed by atoms with Gasteiger partial charge in [0, 0.05) is 11.8 Å². The summed E-state index contributed by atoms with van der Waals surface area (Å²) < 4.78 is 43.8. The minimum Gasteiger partial charge on any atom is -0.360 e. The molecule has 33 heavy (non-hydrogen) atoms. The average Bonchev–Trinajstić information content (AvgIpc) is 3.29. The third kappa shape index (κ3) is 3.59. The number of hydrogen-bond donors (Lipinski definition) is 2. The van der Waals surface area contributed by atoms with Crippen LogP contribution in [0, 0.1) is 17.5 Å². The standard InChI is InChI=1S/C23H17F3N6O/c1-2-17(31-22-20-21(28-10-27-20)29-11-30-22)19-7-12-3-4-13(24)8-15(12)23(33)32(19)18-9-14(25)5-6-16(18)26/h3-11,17H,2H2,1H3,(H2,27,28,29,30,31). The number of halogens is 3. The van der Waals surface area contributed by atoms with Crippen molar-refractivity contribution in [3.8, 4) is 5.69 Å². The molecule has 0 radical (unpaired) electrons. The molecule has 0 amide bonds. The Balaban J connectivity index is 1.76. The maximum Gasteiger partial charge on any atom is 0.263 e. The molecule has 1 unspecified atom stereocenters. The number of hydrogen-bond acceptors (Lipinski definition) is 5. The van der Waals surface area contributed by atoms with Gasteiger partial charge in [-0.2, -0.15) is 0 Å². The SMILES string of the molecule is CCC(Nc1ncnc2nc[nH]c12)c1cc2ccc(F)cc2c(=O)n1-c1cc(F)ccc1F. The summed E-state index contributed by atoms with van der Waals surface area (Å²) in [6, 6.07) is 7.78. The molecule has 0 aliphatic heterocycles. The lowest BCUT2D eigenvalue weighted by Crippen LogP contribution is -2.27. The molecule has 0 aliphatic carbocycles. The van der Waals surface area contributed by atoms with Crippen LogP contribution in [-0.2, 0) is 0 Å². The molecule has 7 nitrogen and oxygen atoms in total. The number of imidazole rings is 1. The van der Waals surface area contributed by atoms with Crippen molar-refractivity contribution in [2.24, 2.45) is 0 Å². The first-order chi connectivity index (χ1) is 16.0. The number of anilines is 1. The van der Waals surface area contributed by atoms with E-state index in [4.69, 9.17) is 0 Å². The van der Waals surface area contributed by atoms with E-state index in [9.17, 15) is 18.0 Å². The average molecular weight is 450 g/mol. The van der Waals surface area contributed by atoms with Gasteiger partial charge in [-0.1, -0.05) is 13.0 Å². The Morgan fingerprint density at radius 3 is 2.64 bits per heavy atom. The second-order valence-electron chi connectivity index (χ2n) is 7.47. The quantitative estimate of drug-likeness (QED) is 0.407. The van der Waals surface area contributed by atoms with E-state index in [0.29, 0.717) is 34.5 Å². The molecular weight excluding hydrogens is 433 g/mol. The number of aromatic amines is 1. The smallest absolute Gasteiger partial charge is 0.263 e. The maximum absolute atomic E-state index is 14.8. The van der Waals surface area contributed by atoms with E-state index >= 15 is 0 Å². The third-order valence-electron chi connectivity index (χ3n) is 5.46. The highest BCUT2D eigenvalue weighted by Gasteiger charge is 2.22. The first-order valence-corrected chi connectivity index (χ1v) is 10.2. The Morgan fingerprint density at radius 1 is 1.03 bits per heavy atom. The van der Waals surface area contributed by atoms with Crippen LogP contribution < -0.4 is 10.9 Å². The lowest BCUT2D eigenvalue weighted by atomic mass is 10.0. The maximum atomic E-state index is 14.8. The van der Waals surface area contributed by atoms with E-state index in [0.717, 1.165) is 28.8 Å². The molecule has 0 spiro atoms. The number of fused-ring (bicyclic) bond motifs is 2. The molecule has 2 aromatic carbocycles. The summed E-state index contributed by atoms with van der Waals surface area (Å²) in [5.74, 6) is -1.67. The number of nitrogens with one attached hydrogen (secondary N) is 2. The van der Waals surface area contributed by atoms with E-state index < -0.39 is 29.1 Å². The molecule has 3 aromatic heterocycles. The molecule has 0 saturated heterocycles. The lowest BCUT2D eigenvalue weighted by Gasteiger charge is -2.23. The zero-order valence-corrected chi connectivity index (χ0v) is 17.3. The van der Waals surface area contributed by atoms with Crippen LogP contribution in [0.15, 0.2) is 59.9 Å². The van der Waals surface area contributed by atoms with Crippen LogP contribution in [0.3, 0.4) is 0 Å². The van der Waals surface area contributed by atoms with Gasteiger partial charge in [0.15, 0.2) is 11.5 Å². The van der Waals surface area contributed by atoms with Gasteiger partial charge in [-0.3, -0.25) is 9.36 Å².